The van der Waals surface area contributed by atoms with Gasteiger partial charge in [-0.15, -0.1) is 0 Å². The Hall–Kier alpha value is -2.07. The van der Waals surface area contributed by atoms with E-state index >= 15 is 0 Å². The molecule has 2 rings (SSSR count). The molecule has 0 saturated heterocycles. The molecule has 17 heavy (non-hydrogen) atoms. The minimum Gasteiger partial charge on any atom is -0.398 e. The van der Waals surface area contributed by atoms with E-state index in [-0.39, 0.29) is 5.69 Å². The maximum absolute atomic E-state index is 10.7. The van der Waals surface area contributed by atoms with Crippen LogP contribution in [0.4, 0.5) is 11.4 Å². The van der Waals surface area contributed by atoms with Gasteiger partial charge in [-0.25, -0.2) is 0 Å². The van der Waals surface area contributed by atoms with Crippen molar-refractivity contribution in [3.8, 4) is 11.1 Å². The minimum absolute atomic E-state index is 0.0513. The summed E-state index contributed by atoms with van der Waals surface area (Å²) in [6.07, 6.45) is 0. The van der Waals surface area contributed by atoms with Gasteiger partial charge in [0.25, 0.3) is 5.69 Å². The number of non-ortho nitro benzene ring substituents is 1. The lowest BCUT2D eigenvalue weighted by atomic mass is 10.0. The maximum Gasteiger partial charge on any atom is 0.270 e. The van der Waals surface area contributed by atoms with E-state index in [0.717, 1.165) is 11.1 Å². The molecule has 0 saturated carbocycles. The van der Waals surface area contributed by atoms with Gasteiger partial charge in [-0.2, -0.15) is 0 Å². The van der Waals surface area contributed by atoms with E-state index in [1.807, 2.05) is 0 Å². The van der Waals surface area contributed by atoms with Crippen LogP contribution in [0.1, 0.15) is 0 Å². The van der Waals surface area contributed by atoms with E-state index < -0.39 is 4.92 Å². The van der Waals surface area contributed by atoms with Gasteiger partial charge in [0.05, 0.1) is 15.6 Å². The zero-order valence-corrected chi connectivity index (χ0v) is 9.52. The zero-order valence-electron chi connectivity index (χ0n) is 8.76. The summed E-state index contributed by atoms with van der Waals surface area (Å²) in [6, 6.07) is 11.5. The van der Waals surface area contributed by atoms with Gasteiger partial charge in [-0.3, -0.25) is 10.1 Å². The number of benzene rings is 2. The van der Waals surface area contributed by atoms with Gasteiger partial charge in [-0.1, -0.05) is 29.8 Å². The molecule has 0 amide bonds. The Kier molecular flexibility index (Phi) is 2.97. The lowest BCUT2D eigenvalue weighted by Gasteiger charge is -2.04. The molecule has 0 unspecified atom stereocenters. The Morgan fingerprint density at radius 1 is 1.12 bits per heavy atom. The molecule has 0 aliphatic carbocycles. The maximum atomic E-state index is 10.7. The minimum atomic E-state index is -0.428. The second kappa shape index (κ2) is 4.43. The predicted molar refractivity (Wildman–Crippen MR) is 68.0 cm³/mol. The molecule has 2 aromatic rings. The Labute approximate surface area is 103 Å². The standard InChI is InChI=1S/C12H9ClN2O2/c13-11-7-9(4-5-12(11)14)8-2-1-3-10(6-8)15(16)17/h1-7H,14H2. The van der Waals surface area contributed by atoms with Crippen molar-refractivity contribution in [1.29, 1.82) is 0 Å². The van der Waals surface area contributed by atoms with Gasteiger partial charge in [0.1, 0.15) is 0 Å². The Morgan fingerprint density at radius 2 is 1.82 bits per heavy atom. The van der Waals surface area contributed by atoms with Crippen LogP contribution in [0.5, 0.6) is 0 Å². The number of nitrogens with two attached hydrogens (primary N) is 1. The second-order valence-electron chi connectivity index (χ2n) is 3.54. The molecule has 0 spiro atoms. The van der Waals surface area contributed by atoms with Crippen molar-refractivity contribution in [3.05, 3.63) is 57.6 Å². The van der Waals surface area contributed by atoms with E-state index in [1.165, 1.54) is 12.1 Å². The highest BCUT2D eigenvalue weighted by atomic mass is 35.5. The second-order valence-corrected chi connectivity index (χ2v) is 3.95. The van der Waals surface area contributed by atoms with Crippen LogP contribution in [0.15, 0.2) is 42.5 Å². The van der Waals surface area contributed by atoms with Crippen molar-refractivity contribution in [2.24, 2.45) is 0 Å². The van der Waals surface area contributed by atoms with Crippen molar-refractivity contribution in [2.75, 3.05) is 5.73 Å². The molecule has 0 heterocycles. The van der Waals surface area contributed by atoms with E-state index in [4.69, 9.17) is 17.3 Å². The Morgan fingerprint density at radius 3 is 2.47 bits per heavy atom. The summed E-state index contributed by atoms with van der Waals surface area (Å²) in [7, 11) is 0. The smallest absolute Gasteiger partial charge is 0.270 e. The number of hydrogen-bond acceptors (Lipinski definition) is 3. The Bertz CT molecular complexity index is 584. The number of rotatable bonds is 2. The number of halogens is 1. The van der Waals surface area contributed by atoms with Crippen molar-refractivity contribution in [3.63, 3.8) is 0 Å². The monoisotopic (exact) mass is 248 g/mol. The summed E-state index contributed by atoms with van der Waals surface area (Å²) in [5.41, 5.74) is 7.68. The SMILES string of the molecule is Nc1ccc(-c2cccc([N+](=O)[O-])c2)cc1Cl. The highest BCUT2D eigenvalue weighted by Crippen LogP contribution is 2.28. The third kappa shape index (κ3) is 2.37. The third-order valence-electron chi connectivity index (χ3n) is 2.39. The number of hydrogen-bond donors (Lipinski definition) is 1. The summed E-state index contributed by atoms with van der Waals surface area (Å²) >= 11 is 5.91. The molecule has 5 heteroatoms. The number of nitrogen functional groups attached to an aromatic ring is 1. The van der Waals surface area contributed by atoms with E-state index in [2.05, 4.69) is 0 Å². The van der Waals surface area contributed by atoms with Crippen LogP contribution in [0.25, 0.3) is 11.1 Å². The number of nitro groups is 1. The first-order valence-corrected chi connectivity index (χ1v) is 5.25. The summed E-state index contributed by atoms with van der Waals surface area (Å²) in [6.45, 7) is 0. The molecule has 0 radical (unpaired) electrons. The van der Waals surface area contributed by atoms with Crippen LogP contribution >= 0.6 is 11.6 Å². The average Bonchev–Trinajstić information content (AvgIpc) is 2.33. The fourth-order valence-electron chi connectivity index (χ4n) is 1.51. The molecule has 2 aromatic carbocycles. The first kappa shape index (κ1) is 11.4. The van der Waals surface area contributed by atoms with Gasteiger partial charge in [0, 0.05) is 12.1 Å². The van der Waals surface area contributed by atoms with Gasteiger partial charge < -0.3 is 5.73 Å². The van der Waals surface area contributed by atoms with Crippen molar-refractivity contribution < 1.29 is 4.92 Å². The summed E-state index contributed by atoms with van der Waals surface area (Å²) < 4.78 is 0. The van der Waals surface area contributed by atoms with E-state index in [9.17, 15) is 10.1 Å². The van der Waals surface area contributed by atoms with Gasteiger partial charge in [-0.05, 0) is 23.3 Å². The van der Waals surface area contributed by atoms with Crippen LogP contribution < -0.4 is 5.73 Å². The fourth-order valence-corrected chi connectivity index (χ4v) is 1.69. The van der Waals surface area contributed by atoms with Gasteiger partial charge in [0.2, 0.25) is 0 Å². The summed E-state index contributed by atoms with van der Waals surface area (Å²) in [5, 5.41) is 11.1. The molecular weight excluding hydrogens is 240 g/mol. The molecule has 0 bridgehead atoms. The highest BCUT2D eigenvalue weighted by molar-refractivity contribution is 6.33. The quantitative estimate of drug-likeness (QED) is 0.502. The van der Waals surface area contributed by atoms with Crippen LogP contribution in [0.2, 0.25) is 5.02 Å². The van der Waals surface area contributed by atoms with E-state index in [0.29, 0.717) is 10.7 Å². The number of nitrogens with zero attached hydrogens (tertiary/aromatic N) is 1. The molecule has 86 valence electrons. The van der Waals surface area contributed by atoms with Crippen molar-refractivity contribution in [2.45, 2.75) is 0 Å². The molecule has 0 aliphatic rings. The average molecular weight is 249 g/mol. The highest BCUT2D eigenvalue weighted by Gasteiger charge is 2.07. The summed E-state index contributed by atoms with van der Waals surface area (Å²) in [5.74, 6) is 0. The number of anilines is 1. The molecule has 0 aromatic heterocycles. The van der Waals surface area contributed by atoms with Crippen LogP contribution in [0, 0.1) is 10.1 Å². The molecule has 0 aliphatic heterocycles. The van der Waals surface area contributed by atoms with Crippen LogP contribution in [-0.4, -0.2) is 4.92 Å². The number of nitro benzene ring substituents is 1. The first-order chi connectivity index (χ1) is 8.08. The largest absolute Gasteiger partial charge is 0.398 e. The summed E-state index contributed by atoms with van der Waals surface area (Å²) in [4.78, 5) is 10.2. The Balaban J connectivity index is 2.49. The van der Waals surface area contributed by atoms with Gasteiger partial charge in [0.15, 0.2) is 0 Å². The molecule has 0 atom stereocenters. The third-order valence-corrected chi connectivity index (χ3v) is 2.72. The first-order valence-electron chi connectivity index (χ1n) is 4.88. The lowest BCUT2D eigenvalue weighted by molar-refractivity contribution is -0.384. The molecule has 4 nitrogen and oxygen atoms in total. The van der Waals surface area contributed by atoms with E-state index in [1.54, 1.807) is 30.3 Å². The zero-order chi connectivity index (χ0) is 12.4. The molecule has 2 N–H and O–H groups in total. The lowest BCUT2D eigenvalue weighted by Crippen LogP contribution is -1.89. The van der Waals surface area contributed by atoms with Crippen LogP contribution in [0.3, 0.4) is 0 Å². The van der Waals surface area contributed by atoms with Gasteiger partial charge >= 0.3 is 0 Å². The topological polar surface area (TPSA) is 69.2 Å². The molecule has 0 fully saturated rings. The molecular formula is C12H9ClN2O2. The predicted octanol–water partition coefficient (Wildman–Crippen LogP) is 3.50. The van der Waals surface area contributed by atoms with Crippen molar-refractivity contribution >= 4 is 23.0 Å². The fraction of sp³-hybridized carbons (Fsp3) is 0. The normalized spacial score (nSPS) is 10.2. The van der Waals surface area contributed by atoms with Crippen molar-refractivity contribution in [1.82, 2.24) is 0 Å². The van der Waals surface area contributed by atoms with Crippen LogP contribution in [-0.2, 0) is 0 Å².